The average molecular weight is 396 g/mol. The third kappa shape index (κ3) is 3.54. The third-order valence-corrected chi connectivity index (χ3v) is 5.78. The molecule has 0 bridgehead atoms. The van der Waals surface area contributed by atoms with E-state index in [1.165, 1.54) is 16.3 Å². The molecular weight excluding hydrogens is 372 g/mol. The molecule has 2 heterocycles. The molecule has 1 amide bonds. The van der Waals surface area contributed by atoms with Crippen molar-refractivity contribution < 1.29 is 4.79 Å². The van der Waals surface area contributed by atoms with E-state index < -0.39 is 0 Å². The molecule has 0 spiro atoms. The van der Waals surface area contributed by atoms with E-state index >= 15 is 0 Å². The SMILES string of the molecule is Cc1cn(-c2ccc(N3CCN(Cc4cccc5ccccc45)C(=O)C3)cc2)cn1. The Morgan fingerprint density at radius 1 is 0.900 bits per heavy atom. The Labute approximate surface area is 176 Å². The molecule has 5 rings (SSSR count). The van der Waals surface area contributed by atoms with Crippen molar-refractivity contribution in [3.05, 3.63) is 90.5 Å². The predicted molar refractivity (Wildman–Crippen MR) is 120 cm³/mol. The zero-order valence-electron chi connectivity index (χ0n) is 17.0. The Morgan fingerprint density at radius 2 is 1.67 bits per heavy atom. The Balaban J connectivity index is 1.28. The predicted octanol–water partition coefficient (Wildman–Crippen LogP) is 4.18. The van der Waals surface area contributed by atoms with Gasteiger partial charge in [-0.1, -0.05) is 42.5 Å². The van der Waals surface area contributed by atoms with Crippen LogP contribution in [-0.2, 0) is 11.3 Å². The van der Waals surface area contributed by atoms with Gasteiger partial charge < -0.3 is 14.4 Å². The third-order valence-electron chi connectivity index (χ3n) is 5.78. The van der Waals surface area contributed by atoms with Crippen LogP contribution in [0.2, 0.25) is 0 Å². The first kappa shape index (κ1) is 18.4. The van der Waals surface area contributed by atoms with Gasteiger partial charge >= 0.3 is 0 Å². The van der Waals surface area contributed by atoms with Crippen molar-refractivity contribution in [1.29, 1.82) is 0 Å². The van der Waals surface area contributed by atoms with E-state index in [2.05, 4.69) is 76.6 Å². The number of anilines is 1. The highest BCUT2D eigenvalue weighted by Gasteiger charge is 2.24. The molecule has 0 atom stereocenters. The van der Waals surface area contributed by atoms with Crippen LogP contribution in [0.3, 0.4) is 0 Å². The maximum absolute atomic E-state index is 12.9. The topological polar surface area (TPSA) is 41.4 Å². The van der Waals surface area contributed by atoms with Crippen LogP contribution in [0.5, 0.6) is 0 Å². The Kier molecular flexibility index (Phi) is 4.71. The molecule has 0 saturated carbocycles. The van der Waals surface area contributed by atoms with Gasteiger partial charge in [0, 0.05) is 37.2 Å². The number of nitrogens with zero attached hydrogens (tertiary/aromatic N) is 4. The van der Waals surface area contributed by atoms with E-state index in [-0.39, 0.29) is 5.91 Å². The molecule has 1 fully saturated rings. The summed E-state index contributed by atoms with van der Waals surface area (Å²) in [7, 11) is 0. The molecule has 0 unspecified atom stereocenters. The zero-order valence-corrected chi connectivity index (χ0v) is 17.0. The fourth-order valence-electron chi connectivity index (χ4n) is 4.13. The normalized spacial score (nSPS) is 14.5. The van der Waals surface area contributed by atoms with Gasteiger partial charge in [0.1, 0.15) is 0 Å². The molecule has 3 aromatic carbocycles. The number of amides is 1. The summed E-state index contributed by atoms with van der Waals surface area (Å²) in [6, 6.07) is 23.0. The smallest absolute Gasteiger partial charge is 0.242 e. The number of benzene rings is 3. The van der Waals surface area contributed by atoms with Crippen LogP contribution in [0.15, 0.2) is 79.3 Å². The molecule has 1 aromatic heterocycles. The van der Waals surface area contributed by atoms with E-state index in [4.69, 9.17) is 0 Å². The monoisotopic (exact) mass is 396 g/mol. The van der Waals surface area contributed by atoms with Gasteiger partial charge in [0.2, 0.25) is 5.91 Å². The lowest BCUT2D eigenvalue weighted by Crippen LogP contribution is -2.50. The largest absolute Gasteiger partial charge is 0.360 e. The number of hydrogen-bond acceptors (Lipinski definition) is 3. The van der Waals surface area contributed by atoms with Crippen LogP contribution in [0.4, 0.5) is 5.69 Å². The molecule has 150 valence electrons. The summed E-state index contributed by atoms with van der Waals surface area (Å²) >= 11 is 0. The molecule has 1 aliphatic heterocycles. The van der Waals surface area contributed by atoms with Gasteiger partial charge in [0.15, 0.2) is 0 Å². The lowest BCUT2D eigenvalue weighted by atomic mass is 10.0. The van der Waals surface area contributed by atoms with Crippen LogP contribution >= 0.6 is 0 Å². The van der Waals surface area contributed by atoms with Crippen molar-refractivity contribution in [2.24, 2.45) is 0 Å². The van der Waals surface area contributed by atoms with Crippen molar-refractivity contribution in [3.8, 4) is 5.69 Å². The van der Waals surface area contributed by atoms with Crippen LogP contribution in [0.25, 0.3) is 16.5 Å². The molecule has 0 N–H and O–H groups in total. The Bertz CT molecular complexity index is 1190. The second-order valence-electron chi connectivity index (χ2n) is 7.81. The highest BCUT2D eigenvalue weighted by molar-refractivity contribution is 5.87. The summed E-state index contributed by atoms with van der Waals surface area (Å²) in [6.45, 7) is 4.61. The van der Waals surface area contributed by atoms with E-state index in [0.717, 1.165) is 30.2 Å². The van der Waals surface area contributed by atoms with Gasteiger partial charge in [-0.3, -0.25) is 4.79 Å². The van der Waals surface area contributed by atoms with E-state index in [9.17, 15) is 4.79 Å². The van der Waals surface area contributed by atoms with Crippen LogP contribution in [0.1, 0.15) is 11.3 Å². The van der Waals surface area contributed by atoms with Gasteiger partial charge in [0.05, 0.1) is 18.6 Å². The van der Waals surface area contributed by atoms with Crippen molar-refractivity contribution in [2.75, 3.05) is 24.5 Å². The number of piperazine rings is 1. The maximum Gasteiger partial charge on any atom is 0.242 e. The summed E-state index contributed by atoms with van der Waals surface area (Å²) in [5.74, 6) is 0.170. The van der Waals surface area contributed by atoms with Gasteiger partial charge in [0.25, 0.3) is 0 Å². The van der Waals surface area contributed by atoms with Gasteiger partial charge in [-0.15, -0.1) is 0 Å². The molecule has 0 aliphatic carbocycles. The van der Waals surface area contributed by atoms with E-state index in [1.807, 2.05) is 28.9 Å². The first-order valence-electron chi connectivity index (χ1n) is 10.3. The van der Waals surface area contributed by atoms with Crippen LogP contribution in [-0.4, -0.2) is 40.0 Å². The molecule has 4 aromatic rings. The van der Waals surface area contributed by atoms with Crippen molar-refractivity contribution in [3.63, 3.8) is 0 Å². The number of imidazole rings is 1. The fraction of sp³-hybridized carbons (Fsp3) is 0.200. The highest BCUT2D eigenvalue weighted by Crippen LogP contribution is 2.23. The highest BCUT2D eigenvalue weighted by atomic mass is 16.2. The molecule has 5 nitrogen and oxygen atoms in total. The number of carbonyl (C=O) groups excluding carboxylic acids is 1. The molecular formula is C25H24N4O. The van der Waals surface area contributed by atoms with Gasteiger partial charge in [-0.25, -0.2) is 4.98 Å². The zero-order chi connectivity index (χ0) is 20.5. The quantitative estimate of drug-likeness (QED) is 0.520. The number of aryl methyl sites for hydroxylation is 1. The summed E-state index contributed by atoms with van der Waals surface area (Å²) in [4.78, 5) is 21.3. The molecule has 5 heteroatoms. The van der Waals surface area contributed by atoms with Gasteiger partial charge in [-0.05, 0) is 47.5 Å². The molecule has 1 saturated heterocycles. The number of carbonyl (C=O) groups is 1. The lowest BCUT2D eigenvalue weighted by Gasteiger charge is -2.36. The second-order valence-corrected chi connectivity index (χ2v) is 7.81. The van der Waals surface area contributed by atoms with Crippen LogP contribution < -0.4 is 4.90 Å². The van der Waals surface area contributed by atoms with Gasteiger partial charge in [-0.2, -0.15) is 0 Å². The second kappa shape index (κ2) is 7.67. The number of aromatic nitrogens is 2. The number of fused-ring (bicyclic) bond motifs is 1. The minimum Gasteiger partial charge on any atom is -0.360 e. The Hall–Kier alpha value is -3.60. The summed E-state index contributed by atoms with van der Waals surface area (Å²) < 4.78 is 2.01. The molecule has 0 radical (unpaired) electrons. The first-order chi connectivity index (χ1) is 14.7. The van der Waals surface area contributed by atoms with Crippen molar-refractivity contribution in [2.45, 2.75) is 13.5 Å². The fourth-order valence-corrected chi connectivity index (χ4v) is 4.13. The molecule has 1 aliphatic rings. The summed E-state index contributed by atoms with van der Waals surface area (Å²) in [6.07, 6.45) is 3.82. The van der Waals surface area contributed by atoms with Crippen molar-refractivity contribution in [1.82, 2.24) is 14.5 Å². The minimum absolute atomic E-state index is 0.170. The van der Waals surface area contributed by atoms with E-state index in [1.54, 1.807) is 0 Å². The van der Waals surface area contributed by atoms with Crippen LogP contribution in [0, 0.1) is 6.92 Å². The lowest BCUT2D eigenvalue weighted by molar-refractivity contribution is -0.131. The molecule has 30 heavy (non-hydrogen) atoms. The standard InChI is InChI=1S/C25H24N4O/c1-19-15-29(18-26-19)23-11-9-22(10-12-23)27-13-14-28(25(30)17-27)16-21-7-4-6-20-5-2-3-8-24(20)21/h2-12,15,18H,13-14,16-17H2,1H3. The first-order valence-corrected chi connectivity index (χ1v) is 10.3. The van der Waals surface area contributed by atoms with Crippen molar-refractivity contribution >= 4 is 22.4 Å². The number of hydrogen-bond donors (Lipinski definition) is 0. The van der Waals surface area contributed by atoms with E-state index in [0.29, 0.717) is 13.1 Å². The maximum atomic E-state index is 12.9. The number of rotatable bonds is 4. The Morgan fingerprint density at radius 3 is 2.43 bits per heavy atom. The minimum atomic E-state index is 0.170. The average Bonchev–Trinajstić information content (AvgIpc) is 3.22. The summed E-state index contributed by atoms with van der Waals surface area (Å²) in [5, 5.41) is 2.44. The summed E-state index contributed by atoms with van der Waals surface area (Å²) in [5.41, 5.74) is 4.34.